The Bertz CT molecular complexity index is 933. The number of aliphatic carboxylic acids is 1. The summed E-state index contributed by atoms with van der Waals surface area (Å²) in [5.41, 5.74) is 1.15. The highest BCUT2D eigenvalue weighted by molar-refractivity contribution is 6.30. The van der Waals surface area contributed by atoms with Crippen molar-refractivity contribution in [3.05, 3.63) is 63.9 Å². The monoisotopic (exact) mass is 328 g/mol. The smallest absolute Gasteiger partial charge is 0.305 e. The van der Waals surface area contributed by atoms with Crippen molar-refractivity contribution < 1.29 is 9.90 Å². The minimum atomic E-state index is -0.972. The zero-order valence-corrected chi connectivity index (χ0v) is 12.8. The van der Waals surface area contributed by atoms with E-state index in [2.05, 4.69) is 5.10 Å². The number of hydrogen-bond donors (Lipinski definition) is 1. The van der Waals surface area contributed by atoms with Gasteiger partial charge in [0.2, 0.25) is 0 Å². The lowest BCUT2D eigenvalue weighted by Gasteiger charge is -2.10. The zero-order chi connectivity index (χ0) is 16.4. The topological polar surface area (TPSA) is 72.2 Å². The molecule has 0 unspecified atom stereocenters. The van der Waals surface area contributed by atoms with E-state index in [0.717, 1.165) is 10.9 Å². The third kappa shape index (κ3) is 3.10. The molecule has 1 N–H and O–H groups in total. The van der Waals surface area contributed by atoms with Crippen LogP contribution in [0.5, 0.6) is 0 Å². The fourth-order valence-electron chi connectivity index (χ4n) is 2.41. The van der Waals surface area contributed by atoms with Crippen LogP contribution in [0.2, 0.25) is 5.02 Å². The zero-order valence-electron chi connectivity index (χ0n) is 12.1. The number of nitrogens with zero attached hydrogens (tertiary/aromatic N) is 2. The number of benzene rings is 2. The number of carboxylic acids is 1. The number of aromatic nitrogens is 2. The number of hydrogen-bond acceptors (Lipinski definition) is 3. The van der Waals surface area contributed by atoms with Crippen LogP contribution in [0.3, 0.4) is 0 Å². The highest BCUT2D eigenvalue weighted by Crippen LogP contribution is 2.25. The lowest BCUT2D eigenvalue weighted by Crippen LogP contribution is -2.25. The maximum atomic E-state index is 12.5. The number of carboxylic acid groups (broad SMARTS) is 1. The molecule has 3 aromatic rings. The van der Waals surface area contributed by atoms with Crippen LogP contribution in [0.4, 0.5) is 0 Å². The third-order valence-corrected chi connectivity index (χ3v) is 3.77. The molecule has 1 aromatic heterocycles. The van der Waals surface area contributed by atoms with Crippen LogP contribution < -0.4 is 5.56 Å². The number of rotatable bonds is 4. The van der Waals surface area contributed by atoms with Gasteiger partial charge in [-0.3, -0.25) is 9.59 Å². The van der Waals surface area contributed by atoms with Gasteiger partial charge >= 0.3 is 5.97 Å². The summed E-state index contributed by atoms with van der Waals surface area (Å²) in [6.07, 6.45) is -0.161. The Hall–Kier alpha value is -2.66. The second-order valence-electron chi connectivity index (χ2n) is 5.07. The predicted molar refractivity (Wildman–Crippen MR) is 88.7 cm³/mol. The summed E-state index contributed by atoms with van der Waals surface area (Å²) in [6.45, 7) is 0.0274. The molecule has 0 saturated carbocycles. The van der Waals surface area contributed by atoms with Crippen molar-refractivity contribution in [1.82, 2.24) is 9.78 Å². The van der Waals surface area contributed by atoms with E-state index >= 15 is 0 Å². The first-order chi connectivity index (χ1) is 11.1. The molecule has 0 spiro atoms. The van der Waals surface area contributed by atoms with Gasteiger partial charge in [-0.2, -0.15) is 5.10 Å². The van der Waals surface area contributed by atoms with Gasteiger partial charge < -0.3 is 5.11 Å². The first-order valence-corrected chi connectivity index (χ1v) is 7.41. The normalized spacial score (nSPS) is 10.8. The maximum Gasteiger partial charge on any atom is 0.305 e. The summed E-state index contributed by atoms with van der Waals surface area (Å²) >= 11 is 5.92. The maximum absolute atomic E-state index is 12.5. The van der Waals surface area contributed by atoms with E-state index in [1.165, 1.54) is 4.68 Å². The molecule has 0 aliphatic heterocycles. The van der Waals surface area contributed by atoms with Crippen LogP contribution in [0, 0.1) is 0 Å². The fraction of sp³-hybridized carbons (Fsp3) is 0.118. The first-order valence-electron chi connectivity index (χ1n) is 7.04. The predicted octanol–water partition coefficient (Wildman–Crippen LogP) is 3.19. The molecule has 0 aliphatic carbocycles. The van der Waals surface area contributed by atoms with Gasteiger partial charge in [-0.05, 0) is 18.2 Å². The van der Waals surface area contributed by atoms with E-state index < -0.39 is 5.97 Å². The Kier molecular flexibility index (Phi) is 4.12. The molecular weight excluding hydrogens is 316 g/mol. The van der Waals surface area contributed by atoms with E-state index in [4.69, 9.17) is 16.7 Å². The Morgan fingerprint density at radius 3 is 2.39 bits per heavy atom. The minimum absolute atomic E-state index is 0.0274. The van der Waals surface area contributed by atoms with Crippen LogP contribution >= 0.6 is 11.6 Å². The average molecular weight is 329 g/mol. The number of aryl methyl sites for hydroxylation is 1. The van der Waals surface area contributed by atoms with Gasteiger partial charge in [0.1, 0.15) is 0 Å². The van der Waals surface area contributed by atoms with Gasteiger partial charge in [0, 0.05) is 16.0 Å². The van der Waals surface area contributed by atoms with Gasteiger partial charge in [0.15, 0.2) is 0 Å². The number of carbonyl (C=O) groups is 1. The Balaban J connectivity index is 2.23. The third-order valence-electron chi connectivity index (χ3n) is 3.52. The molecule has 5 nitrogen and oxygen atoms in total. The lowest BCUT2D eigenvalue weighted by molar-refractivity contribution is -0.137. The molecule has 0 atom stereocenters. The molecule has 6 heteroatoms. The van der Waals surface area contributed by atoms with Crippen LogP contribution in [0.1, 0.15) is 6.42 Å². The number of halogens is 1. The molecule has 0 radical (unpaired) electrons. The van der Waals surface area contributed by atoms with Crippen LogP contribution in [0.15, 0.2) is 53.3 Å². The summed E-state index contributed by atoms with van der Waals surface area (Å²) in [7, 11) is 0. The van der Waals surface area contributed by atoms with Gasteiger partial charge in [-0.1, -0.05) is 41.9 Å². The van der Waals surface area contributed by atoms with Gasteiger partial charge in [0.25, 0.3) is 5.56 Å². The Morgan fingerprint density at radius 2 is 1.74 bits per heavy atom. The molecule has 2 aromatic carbocycles. The van der Waals surface area contributed by atoms with Crippen LogP contribution in [-0.2, 0) is 11.3 Å². The van der Waals surface area contributed by atoms with Gasteiger partial charge in [-0.25, -0.2) is 4.68 Å². The molecule has 1 heterocycles. The summed E-state index contributed by atoms with van der Waals surface area (Å²) in [5.74, 6) is -0.972. The Morgan fingerprint density at radius 1 is 1.09 bits per heavy atom. The van der Waals surface area contributed by atoms with Crippen molar-refractivity contribution in [2.24, 2.45) is 0 Å². The van der Waals surface area contributed by atoms with Crippen molar-refractivity contribution in [3.63, 3.8) is 0 Å². The second-order valence-corrected chi connectivity index (χ2v) is 5.51. The van der Waals surface area contributed by atoms with Crippen molar-refractivity contribution in [2.75, 3.05) is 0 Å². The molecule has 0 aliphatic rings. The summed E-state index contributed by atoms with van der Waals surface area (Å²) in [6, 6.07) is 14.3. The molecule has 3 rings (SSSR count). The van der Waals surface area contributed by atoms with E-state index in [-0.39, 0.29) is 18.5 Å². The van der Waals surface area contributed by atoms with E-state index in [0.29, 0.717) is 16.1 Å². The molecule has 0 bridgehead atoms. The molecule has 116 valence electrons. The second kappa shape index (κ2) is 6.22. The average Bonchev–Trinajstić information content (AvgIpc) is 2.55. The van der Waals surface area contributed by atoms with Gasteiger partial charge in [-0.15, -0.1) is 0 Å². The largest absolute Gasteiger partial charge is 0.481 e. The summed E-state index contributed by atoms with van der Waals surface area (Å²) < 4.78 is 1.21. The van der Waals surface area contributed by atoms with Crippen molar-refractivity contribution >= 4 is 28.3 Å². The molecule has 0 saturated heterocycles. The van der Waals surface area contributed by atoms with E-state index in [1.54, 1.807) is 24.3 Å². The molecule has 0 fully saturated rings. The highest BCUT2D eigenvalue weighted by Gasteiger charge is 2.12. The SMILES string of the molecule is O=C(O)CCn1nc(-c2ccc(Cl)cc2)c2ccccc2c1=O. The Labute approximate surface area is 136 Å². The molecule has 23 heavy (non-hydrogen) atoms. The van der Waals surface area contributed by atoms with Crippen molar-refractivity contribution in [2.45, 2.75) is 13.0 Å². The summed E-state index contributed by atoms with van der Waals surface area (Å²) in [4.78, 5) is 23.2. The first kappa shape index (κ1) is 15.2. The minimum Gasteiger partial charge on any atom is -0.481 e. The van der Waals surface area contributed by atoms with Crippen molar-refractivity contribution in [3.8, 4) is 11.3 Å². The molecule has 0 amide bonds. The fourth-order valence-corrected chi connectivity index (χ4v) is 2.54. The standard InChI is InChI=1S/C17H13ClN2O3/c18-12-7-5-11(6-8-12)16-13-3-1-2-4-14(13)17(23)20(19-16)10-9-15(21)22/h1-8H,9-10H2,(H,21,22). The lowest BCUT2D eigenvalue weighted by atomic mass is 10.1. The van der Waals surface area contributed by atoms with E-state index in [9.17, 15) is 9.59 Å². The number of fused-ring (bicyclic) bond motifs is 1. The quantitative estimate of drug-likeness (QED) is 0.798. The highest BCUT2D eigenvalue weighted by atomic mass is 35.5. The van der Waals surface area contributed by atoms with E-state index in [1.807, 2.05) is 24.3 Å². The van der Waals surface area contributed by atoms with Crippen molar-refractivity contribution in [1.29, 1.82) is 0 Å². The molecular formula is C17H13ClN2O3. The van der Waals surface area contributed by atoms with Crippen LogP contribution in [-0.4, -0.2) is 20.9 Å². The van der Waals surface area contributed by atoms with Gasteiger partial charge in [0.05, 0.1) is 24.0 Å². The van der Waals surface area contributed by atoms with Crippen LogP contribution in [0.25, 0.3) is 22.0 Å². The summed E-state index contributed by atoms with van der Waals surface area (Å²) in [5, 5.41) is 15.1.